The number of carbonyl (C=O) groups is 1. The summed E-state index contributed by atoms with van der Waals surface area (Å²) in [6.07, 6.45) is 0.891. The molecule has 2 atom stereocenters. The molecule has 1 aromatic heterocycles. The van der Waals surface area contributed by atoms with Crippen molar-refractivity contribution in [1.29, 1.82) is 0 Å². The molecule has 1 fully saturated rings. The number of aromatic nitrogens is 1. The fourth-order valence-electron chi connectivity index (χ4n) is 1.88. The van der Waals surface area contributed by atoms with E-state index in [1.165, 1.54) is 11.3 Å². The van der Waals surface area contributed by atoms with Crippen molar-refractivity contribution >= 4 is 28.2 Å². The van der Waals surface area contributed by atoms with E-state index in [2.05, 4.69) is 15.6 Å². The number of nitrogens with two attached hydrogens (primary N) is 1. The Morgan fingerprint density at radius 1 is 1.67 bits per heavy atom. The summed E-state index contributed by atoms with van der Waals surface area (Å²) in [7, 11) is 0. The molecule has 7 heteroatoms. The van der Waals surface area contributed by atoms with Gasteiger partial charge in [0.2, 0.25) is 0 Å². The van der Waals surface area contributed by atoms with E-state index in [-0.39, 0.29) is 23.9 Å². The number of rotatable bonds is 4. The maximum Gasteiger partial charge on any atom is 0.265 e. The van der Waals surface area contributed by atoms with Gasteiger partial charge in [0.25, 0.3) is 5.91 Å². The predicted molar refractivity (Wildman–Crippen MR) is 72.0 cm³/mol. The Morgan fingerprint density at radius 2 is 2.44 bits per heavy atom. The molecule has 18 heavy (non-hydrogen) atoms. The van der Waals surface area contributed by atoms with Gasteiger partial charge in [-0.15, -0.1) is 0 Å². The monoisotopic (exact) mass is 270 g/mol. The summed E-state index contributed by atoms with van der Waals surface area (Å²) < 4.78 is 5.41. The molecular formula is C11H18N4O2S. The van der Waals surface area contributed by atoms with Gasteiger partial charge >= 0.3 is 0 Å². The van der Waals surface area contributed by atoms with Gasteiger partial charge in [-0.05, 0) is 20.3 Å². The highest BCUT2D eigenvalue weighted by Crippen LogP contribution is 2.25. The number of thiazole rings is 1. The number of hydrogen-bond donors (Lipinski definition) is 3. The molecule has 1 amide bonds. The van der Waals surface area contributed by atoms with Gasteiger partial charge in [-0.3, -0.25) is 4.79 Å². The Hall–Kier alpha value is -1.34. The predicted octanol–water partition coefficient (Wildman–Crippen LogP) is 1.06. The highest BCUT2D eigenvalue weighted by Gasteiger charge is 2.27. The van der Waals surface area contributed by atoms with E-state index in [1.54, 1.807) is 0 Å². The summed E-state index contributed by atoms with van der Waals surface area (Å²) in [6, 6.07) is 0.0570. The summed E-state index contributed by atoms with van der Waals surface area (Å²) in [6.45, 7) is 5.36. The van der Waals surface area contributed by atoms with Crippen LogP contribution in [-0.2, 0) is 4.74 Å². The van der Waals surface area contributed by atoms with Crippen molar-refractivity contribution in [3.05, 3.63) is 4.88 Å². The first-order chi connectivity index (χ1) is 8.61. The normalized spacial score (nSPS) is 23.0. The van der Waals surface area contributed by atoms with E-state index in [0.717, 1.165) is 13.0 Å². The number of carbonyl (C=O) groups excluding carboxylic acids is 1. The highest BCUT2D eigenvalue weighted by atomic mass is 32.1. The molecule has 2 heterocycles. The lowest BCUT2D eigenvalue weighted by molar-refractivity contribution is 0.0870. The van der Waals surface area contributed by atoms with Crippen LogP contribution >= 0.6 is 11.3 Å². The number of nitrogen functional groups attached to an aromatic ring is 1. The fraction of sp³-hybridized carbons (Fsp3) is 0.636. The summed E-state index contributed by atoms with van der Waals surface area (Å²) >= 11 is 1.28. The SMILES string of the molecule is CCNc1nc(N)c(C(=O)NC2CCOC2C)s1. The largest absolute Gasteiger partial charge is 0.382 e. The van der Waals surface area contributed by atoms with Crippen LogP contribution in [0.4, 0.5) is 10.9 Å². The molecule has 2 rings (SSSR count). The molecule has 1 aromatic rings. The van der Waals surface area contributed by atoms with E-state index in [0.29, 0.717) is 16.6 Å². The quantitative estimate of drug-likeness (QED) is 0.761. The van der Waals surface area contributed by atoms with Gasteiger partial charge in [0.05, 0.1) is 12.1 Å². The lowest BCUT2D eigenvalue weighted by Gasteiger charge is -2.15. The number of anilines is 2. The third-order valence-corrected chi connectivity index (χ3v) is 3.91. The second-order valence-corrected chi connectivity index (χ2v) is 5.21. The van der Waals surface area contributed by atoms with Gasteiger partial charge in [-0.25, -0.2) is 4.98 Å². The van der Waals surface area contributed by atoms with Gasteiger partial charge in [-0.2, -0.15) is 0 Å². The molecule has 1 aliphatic rings. The lowest BCUT2D eigenvalue weighted by atomic mass is 10.1. The van der Waals surface area contributed by atoms with Crippen molar-refractivity contribution in [2.75, 3.05) is 24.2 Å². The standard InChI is InChI=1S/C11H18N4O2S/c1-3-13-11-15-9(12)8(18-11)10(16)14-7-4-5-17-6(7)2/h6-7H,3-5,12H2,1-2H3,(H,13,15)(H,14,16). The second-order valence-electron chi connectivity index (χ2n) is 4.21. The smallest absolute Gasteiger partial charge is 0.265 e. The zero-order chi connectivity index (χ0) is 13.1. The van der Waals surface area contributed by atoms with Crippen LogP contribution in [0.3, 0.4) is 0 Å². The minimum Gasteiger partial charge on any atom is -0.382 e. The van der Waals surface area contributed by atoms with Crippen LogP contribution in [0.2, 0.25) is 0 Å². The van der Waals surface area contributed by atoms with Crippen LogP contribution in [0, 0.1) is 0 Å². The Morgan fingerprint density at radius 3 is 3.06 bits per heavy atom. The van der Waals surface area contributed by atoms with Crippen molar-refractivity contribution in [2.45, 2.75) is 32.4 Å². The Labute approximate surface area is 110 Å². The Bertz CT molecular complexity index is 435. The molecule has 1 aliphatic heterocycles. The number of hydrogen-bond acceptors (Lipinski definition) is 6. The molecule has 4 N–H and O–H groups in total. The first kappa shape index (κ1) is 13.1. The molecule has 0 spiro atoms. The van der Waals surface area contributed by atoms with Crippen LogP contribution < -0.4 is 16.4 Å². The summed E-state index contributed by atoms with van der Waals surface area (Å²) in [5.74, 6) is 0.108. The number of amides is 1. The third kappa shape index (κ3) is 2.73. The van der Waals surface area contributed by atoms with Crippen LogP contribution in [0.1, 0.15) is 29.9 Å². The fourth-order valence-corrected chi connectivity index (χ4v) is 2.73. The van der Waals surface area contributed by atoms with Crippen molar-refractivity contribution in [3.63, 3.8) is 0 Å². The van der Waals surface area contributed by atoms with Crippen molar-refractivity contribution in [2.24, 2.45) is 0 Å². The van der Waals surface area contributed by atoms with Gasteiger partial charge in [0, 0.05) is 13.2 Å². The molecule has 100 valence electrons. The van der Waals surface area contributed by atoms with Crippen LogP contribution in [0.25, 0.3) is 0 Å². The van der Waals surface area contributed by atoms with Crippen LogP contribution in [0.5, 0.6) is 0 Å². The molecule has 1 saturated heterocycles. The molecular weight excluding hydrogens is 252 g/mol. The van der Waals surface area contributed by atoms with Gasteiger partial charge in [-0.1, -0.05) is 11.3 Å². The maximum absolute atomic E-state index is 12.1. The first-order valence-corrected chi connectivity index (χ1v) is 6.86. The van der Waals surface area contributed by atoms with Gasteiger partial charge in [0.1, 0.15) is 10.7 Å². The van der Waals surface area contributed by atoms with Crippen molar-refractivity contribution in [1.82, 2.24) is 10.3 Å². The van der Waals surface area contributed by atoms with E-state index in [9.17, 15) is 4.79 Å². The Kier molecular flexibility index (Phi) is 4.03. The topological polar surface area (TPSA) is 89.3 Å². The average Bonchev–Trinajstić information content (AvgIpc) is 2.87. The first-order valence-electron chi connectivity index (χ1n) is 6.04. The van der Waals surface area contributed by atoms with Crippen LogP contribution in [0.15, 0.2) is 0 Å². The molecule has 6 nitrogen and oxygen atoms in total. The van der Waals surface area contributed by atoms with Crippen LogP contribution in [-0.4, -0.2) is 36.2 Å². The van der Waals surface area contributed by atoms with Gasteiger partial charge in [0.15, 0.2) is 5.13 Å². The van der Waals surface area contributed by atoms with E-state index in [4.69, 9.17) is 10.5 Å². The summed E-state index contributed by atoms with van der Waals surface area (Å²) in [5, 5.41) is 6.67. The molecule has 0 aliphatic carbocycles. The molecule has 0 radical (unpaired) electrons. The molecule has 2 unspecified atom stereocenters. The maximum atomic E-state index is 12.1. The number of nitrogens with zero attached hydrogens (tertiary/aromatic N) is 1. The second kappa shape index (κ2) is 5.53. The zero-order valence-electron chi connectivity index (χ0n) is 10.5. The number of ether oxygens (including phenoxy) is 1. The van der Waals surface area contributed by atoms with E-state index < -0.39 is 0 Å². The minimum atomic E-state index is -0.170. The Balaban J connectivity index is 2.04. The summed E-state index contributed by atoms with van der Waals surface area (Å²) in [5.41, 5.74) is 5.75. The highest BCUT2D eigenvalue weighted by molar-refractivity contribution is 7.18. The van der Waals surface area contributed by atoms with Gasteiger partial charge < -0.3 is 21.1 Å². The zero-order valence-corrected chi connectivity index (χ0v) is 11.3. The lowest BCUT2D eigenvalue weighted by Crippen LogP contribution is -2.39. The molecule has 0 bridgehead atoms. The average molecular weight is 270 g/mol. The summed E-state index contributed by atoms with van der Waals surface area (Å²) in [4.78, 5) is 16.7. The van der Waals surface area contributed by atoms with Crippen molar-refractivity contribution < 1.29 is 9.53 Å². The minimum absolute atomic E-state index is 0.0522. The number of nitrogens with one attached hydrogen (secondary N) is 2. The third-order valence-electron chi connectivity index (χ3n) is 2.88. The molecule has 0 saturated carbocycles. The van der Waals surface area contributed by atoms with Crippen molar-refractivity contribution in [3.8, 4) is 0 Å². The van der Waals surface area contributed by atoms with E-state index >= 15 is 0 Å². The van der Waals surface area contributed by atoms with E-state index in [1.807, 2.05) is 13.8 Å². The molecule has 0 aromatic carbocycles.